The van der Waals surface area contributed by atoms with Crippen molar-refractivity contribution in [3.05, 3.63) is 47.6 Å². The molecule has 6 atom stereocenters. The van der Waals surface area contributed by atoms with Gasteiger partial charge in [-0.25, -0.2) is 19.6 Å². The van der Waals surface area contributed by atoms with Crippen LogP contribution in [-0.4, -0.2) is 103 Å². The van der Waals surface area contributed by atoms with Gasteiger partial charge in [-0.3, -0.25) is 14.5 Å². The minimum absolute atomic E-state index is 0.141. The fourth-order valence-electron chi connectivity index (χ4n) is 8.12. The summed E-state index contributed by atoms with van der Waals surface area (Å²) in [4.78, 5) is 70.4. The number of imidazole rings is 2. The summed E-state index contributed by atoms with van der Waals surface area (Å²) >= 11 is 0. The summed E-state index contributed by atoms with van der Waals surface area (Å²) in [6.45, 7) is 4.53. The monoisotopic (exact) mass is 690 g/mol. The molecule has 2 saturated heterocycles. The van der Waals surface area contributed by atoms with Crippen LogP contribution in [-0.2, 0) is 14.3 Å². The Hall–Kier alpha value is -4.62. The maximum Gasteiger partial charge on any atom is 0.407 e. The van der Waals surface area contributed by atoms with Gasteiger partial charge < -0.3 is 34.9 Å². The molecule has 0 radical (unpaired) electrons. The number of hydrogen-bond acceptors (Lipinski definition) is 7. The number of amides is 4. The Balaban J connectivity index is 1.03. The Kier molecular flexibility index (Phi) is 10.6. The molecule has 2 unspecified atom stereocenters. The summed E-state index contributed by atoms with van der Waals surface area (Å²) in [5.74, 6) is 2.44. The largest absolute Gasteiger partial charge is 0.465 e. The number of hydrogen-bond donors (Lipinski definition) is 4. The van der Waals surface area contributed by atoms with E-state index in [1.54, 1.807) is 23.6 Å². The molecule has 2 aromatic heterocycles. The molecule has 270 valence electrons. The summed E-state index contributed by atoms with van der Waals surface area (Å²) in [5.41, 5.74) is 4.37. The van der Waals surface area contributed by atoms with Gasteiger partial charge in [-0.2, -0.15) is 0 Å². The normalized spacial score (nSPS) is 25.0. The van der Waals surface area contributed by atoms with Crippen LogP contribution in [0.5, 0.6) is 0 Å². The van der Waals surface area contributed by atoms with Crippen LogP contribution < -0.4 is 5.32 Å². The van der Waals surface area contributed by atoms with Crippen molar-refractivity contribution in [2.45, 2.75) is 102 Å². The number of alkyl carbamates (subject to hydrolysis) is 1. The van der Waals surface area contributed by atoms with Gasteiger partial charge >= 0.3 is 12.2 Å². The molecule has 2 aliphatic carbocycles. The maximum atomic E-state index is 13.1. The smallest absolute Gasteiger partial charge is 0.407 e. The zero-order valence-electron chi connectivity index (χ0n) is 29.5. The highest BCUT2D eigenvalue weighted by Gasteiger charge is 2.37. The summed E-state index contributed by atoms with van der Waals surface area (Å²) in [5, 5.41) is 11.9. The Labute approximate surface area is 292 Å². The van der Waals surface area contributed by atoms with E-state index in [0.717, 1.165) is 92.1 Å². The van der Waals surface area contributed by atoms with Gasteiger partial charge in [0.2, 0.25) is 11.8 Å². The lowest BCUT2D eigenvalue weighted by molar-refractivity contribution is -0.136. The standard InChI is InChI=1S/C36H50N8O6/c1-21(39-35(47)50-4)33(45)43-17-5-7-29(43)31-37-19-27(40-31)25-13-9-23(10-14-25)24-11-15-26(16-12-24)28-20-38-32(41-28)30-8-6-18-44(30)34(46)22(2)42(3)36(48)49/h13,15,19-24,29-30H,5-12,14,16-18H2,1-4H3,(H,37,40)(H,38,41)(H,39,47)(H,48,49)/t21-,22-,23?,24?,29-,30-/m0/s1. The highest BCUT2D eigenvalue weighted by Crippen LogP contribution is 2.42. The lowest BCUT2D eigenvalue weighted by Gasteiger charge is -2.31. The van der Waals surface area contributed by atoms with Crippen molar-refractivity contribution in [1.82, 2.24) is 40.0 Å². The van der Waals surface area contributed by atoms with E-state index in [4.69, 9.17) is 9.97 Å². The van der Waals surface area contributed by atoms with E-state index in [1.165, 1.54) is 25.3 Å². The number of ether oxygens (including phenoxy) is 1. The van der Waals surface area contributed by atoms with Gasteiger partial charge in [0.05, 0.1) is 30.6 Å². The first kappa shape index (κ1) is 35.2. The van der Waals surface area contributed by atoms with Crippen LogP contribution in [0.1, 0.15) is 113 Å². The fraction of sp³-hybridized carbons (Fsp3) is 0.611. The number of aromatic nitrogens is 4. The second-order valence-corrected chi connectivity index (χ2v) is 14.2. The predicted molar refractivity (Wildman–Crippen MR) is 185 cm³/mol. The Bertz CT molecular complexity index is 1650. The van der Waals surface area contributed by atoms with Crippen molar-refractivity contribution in [3.63, 3.8) is 0 Å². The molecule has 0 aromatic carbocycles. The topological polar surface area (TPSA) is 177 Å². The number of rotatable bonds is 9. The van der Waals surface area contributed by atoms with Gasteiger partial charge in [0.15, 0.2) is 0 Å². The molecule has 2 aliphatic heterocycles. The molecule has 4 heterocycles. The third kappa shape index (κ3) is 7.29. The van der Waals surface area contributed by atoms with Crippen LogP contribution >= 0.6 is 0 Å². The molecule has 4 amide bonds. The number of methoxy groups -OCH3 is 1. The number of carbonyl (C=O) groups is 4. The van der Waals surface area contributed by atoms with Crippen molar-refractivity contribution in [2.75, 3.05) is 27.2 Å². The molecule has 0 bridgehead atoms. The molecule has 4 aliphatic rings. The minimum Gasteiger partial charge on any atom is -0.465 e. The first-order chi connectivity index (χ1) is 24.0. The number of allylic oxidation sites excluding steroid dienone is 4. The molecule has 50 heavy (non-hydrogen) atoms. The number of carbonyl (C=O) groups excluding carboxylic acids is 3. The van der Waals surface area contributed by atoms with E-state index in [2.05, 4.69) is 32.2 Å². The molecule has 6 rings (SSSR count). The van der Waals surface area contributed by atoms with Crippen LogP contribution in [0.2, 0.25) is 0 Å². The van der Waals surface area contributed by atoms with Gasteiger partial charge in [0.25, 0.3) is 0 Å². The molecule has 0 saturated carbocycles. The molecule has 2 aromatic rings. The quantitative estimate of drug-likeness (QED) is 0.275. The summed E-state index contributed by atoms with van der Waals surface area (Å²) in [6.07, 6.45) is 16.4. The molecule has 14 nitrogen and oxygen atoms in total. The van der Waals surface area contributed by atoms with E-state index in [9.17, 15) is 24.3 Å². The van der Waals surface area contributed by atoms with E-state index in [-0.39, 0.29) is 23.9 Å². The Morgan fingerprint density at radius 3 is 1.80 bits per heavy atom. The summed E-state index contributed by atoms with van der Waals surface area (Å²) < 4.78 is 4.65. The van der Waals surface area contributed by atoms with Crippen molar-refractivity contribution < 1.29 is 29.0 Å². The lowest BCUT2D eigenvalue weighted by atomic mass is 9.74. The van der Waals surface area contributed by atoms with Crippen LogP contribution in [0.3, 0.4) is 0 Å². The number of H-pyrrole nitrogens is 2. The van der Waals surface area contributed by atoms with Gasteiger partial charge in [-0.15, -0.1) is 0 Å². The predicted octanol–water partition coefficient (Wildman–Crippen LogP) is 5.27. The van der Waals surface area contributed by atoms with Crippen molar-refractivity contribution in [3.8, 4) is 0 Å². The number of likely N-dealkylation sites (tertiary alicyclic amines) is 2. The molecular weight excluding hydrogens is 640 g/mol. The van der Waals surface area contributed by atoms with Gasteiger partial charge in [-0.1, -0.05) is 12.2 Å². The second-order valence-electron chi connectivity index (χ2n) is 14.2. The van der Waals surface area contributed by atoms with Crippen LogP contribution in [0.15, 0.2) is 24.5 Å². The number of carboxylic acid groups (broad SMARTS) is 1. The van der Waals surface area contributed by atoms with E-state index >= 15 is 0 Å². The number of aromatic amines is 2. The SMILES string of the molecule is COC(=O)N[C@@H](C)C(=O)N1CCC[C@H]1c1nc(C2=CCC(C3CC=C(c4c[nH]c([C@@H]5CCCN5C(=O)[C@H](C)N(C)C(=O)O)n4)CC3)CC2)c[nH]1. The van der Waals surface area contributed by atoms with Gasteiger partial charge in [-0.05, 0) is 101 Å². The zero-order chi connectivity index (χ0) is 35.5. The number of nitrogens with one attached hydrogen (secondary N) is 3. The number of nitrogens with zero attached hydrogens (tertiary/aromatic N) is 5. The first-order valence-corrected chi connectivity index (χ1v) is 18.0. The third-order valence-electron chi connectivity index (χ3n) is 11.3. The fourth-order valence-corrected chi connectivity index (χ4v) is 8.12. The zero-order valence-corrected chi connectivity index (χ0v) is 29.5. The molecular formula is C36H50N8O6. The molecule has 0 spiro atoms. The van der Waals surface area contributed by atoms with Gasteiger partial charge in [0.1, 0.15) is 23.7 Å². The maximum absolute atomic E-state index is 13.1. The van der Waals surface area contributed by atoms with Crippen LogP contribution in [0.25, 0.3) is 11.1 Å². The number of likely N-dealkylation sites (N-methyl/N-ethyl adjacent to an activating group) is 1. The highest BCUT2D eigenvalue weighted by molar-refractivity contribution is 5.86. The Morgan fingerprint density at radius 1 is 0.860 bits per heavy atom. The van der Waals surface area contributed by atoms with E-state index in [1.807, 2.05) is 12.4 Å². The van der Waals surface area contributed by atoms with Crippen molar-refractivity contribution in [2.24, 2.45) is 11.8 Å². The van der Waals surface area contributed by atoms with Crippen molar-refractivity contribution >= 4 is 35.1 Å². The van der Waals surface area contributed by atoms with Gasteiger partial charge in [0, 0.05) is 32.5 Å². The van der Waals surface area contributed by atoms with E-state index < -0.39 is 24.3 Å². The summed E-state index contributed by atoms with van der Waals surface area (Å²) in [6, 6.07) is -1.75. The van der Waals surface area contributed by atoms with Crippen LogP contribution in [0.4, 0.5) is 9.59 Å². The third-order valence-corrected chi connectivity index (χ3v) is 11.3. The molecule has 14 heteroatoms. The summed E-state index contributed by atoms with van der Waals surface area (Å²) in [7, 11) is 2.71. The second kappa shape index (κ2) is 15.1. The minimum atomic E-state index is -1.12. The Morgan fingerprint density at radius 2 is 1.36 bits per heavy atom. The molecule has 2 fully saturated rings. The van der Waals surface area contributed by atoms with E-state index in [0.29, 0.717) is 24.9 Å². The average molecular weight is 691 g/mol. The van der Waals surface area contributed by atoms with Crippen molar-refractivity contribution in [1.29, 1.82) is 0 Å². The first-order valence-electron chi connectivity index (χ1n) is 18.0. The molecule has 4 N–H and O–H groups in total. The average Bonchev–Trinajstić information content (AvgIpc) is 3.97. The highest BCUT2D eigenvalue weighted by atomic mass is 16.5. The van der Waals surface area contributed by atoms with Crippen LogP contribution in [0, 0.1) is 11.8 Å². The lowest BCUT2D eigenvalue weighted by Crippen LogP contribution is -2.47.